The number of carbonyl (C=O) groups excluding carboxylic acids is 2. The summed E-state index contributed by atoms with van der Waals surface area (Å²) >= 11 is 3.14. The van der Waals surface area contributed by atoms with Gasteiger partial charge in [0.25, 0.3) is 5.91 Å². The largest absolute Gasteiger partial charge is 0.354 e. The van der Waals surface area contributed by atoms with Crippen molar-refractivity contribution in [2.24, 2.45) is 0 Å². The zero-order valence-electron chi connectivity index (χ0n) is 11.7. The second kappa shape index (κ2) is 7.38. The minimum absolute atomic E-state index is 0.0473. The first-order chi connectivity index (χ1) is 9.31. The summed E-state index contributed by atoms with van der Waals surface area (Å²) in [5.74, 6) is -1.30. The van der Waals surface area contributed by atoms with Gasteiger partial charge < -0.3 is 10.6 Å². The van der Waals surface area contributed by atoms with Crippen LogP contribution in [0.2, 0.25) is 0 Å². The van der Waals surface area contributed by atoms with Crippen molar-refractivity contribution in [2.45, 2.75) is 39.3 Å². The Labute approximate surface area is 126 Å². The van der Waals surface area contributed by atoms with Gasteiger partial charge in [0.15, 0.2) is 0 Å². The predicted octanol–water partition coefficient (Wildman–Crippen LogP) is 2.62. The molecule has 1 aromatic carbocycles. The molecule has 1 unspecified atom stereocenters. The Morgan fingerprint density at radius 2 is 1.90 bits per heavy atom. The first kappa shape index (κ1) is 16.6. The molecule has 6 heteroatoms. The summed E-state index contributed by atoms with van der Waals surface area (Å²) in [6.07, 6.45) is 0.149. The SMILES string of the molecule is CC(C)NC(=O)CC(C)NC(=O)c1c(F)cccc1Br. The Hall–Kier alpha value is -1.43. The lowest BCUT2D eigenvalue weighted by molar-refractivity contribution is -0.121. The molecular formula is C14H18BrFN2O2. The first-order valence-corrected chi connectivity index (χ1v) is 7.14. The van der Waals surface area contributed by atoms with Crippen LogP contribution in [-0.2, 0) is 4.79 Å². The number of carbonyl (C=O) groups is 2. The Bertz CT molecular complexity index is 486. The molecule has 110 valence electrons. The van der Waals surface area contributed by atoms with Crippen LogP contribution in [0, 0.1) is 5.82 Å². The van der Waals surface area contributed by atoms with Gasteiger partial charge in [0.1, 0.15) is 5.82 Å². The molecule has 1 atom stereocenters. The van der Waals surface area contributed by atoms with E-state index in [1.807, 2.05) is 13.8 Å². The Kier molecular flexibility index (Phi) is 6.13. The van der Waals surface area contributed by atoms with Crippen LogP contribution in [0.25, 0.3) is 0 Å². The van der Waals surface area contributed by atoms with Crippen molar-refractivity contribution in [3.05, 3.63) is 34.1 Å². The van der Waals surface area contributed by atoms with Crippen LogP contribution in [0.5, 0.6) is 0 Å². The van der Waals surface area contributed by atoms with Gasteiger partial charge in [0.05, 0.1) is 5.56 Å². The van der Waals surface area contributed by atoms with E-state index in [1.165, 1.54) is 12.1 Å². The number of hydrogen-bond donors (Lipinski definition) is 2. The zero-order valence-corrected chi connectivity index (χ0v) is 13.3. The van der Waals surface area contributed by atoms with Crippen LogP contribution in [0.3, 0.4) is 0 Å². The average Bonchev–Trinajstić information content (AvgIpc) is 2.26. The number of rotatable bonds is 5. The van der Waals surface area contributed by atoms with E-state index in [4.69, 9.17) is 0 Å². The highest BCUT2D eigenvalue weighted by Crippen LogP contribution is 2.19. The monoisotopic (exact) mass is 344 g/mol. The molecule has 0 radical (unpaired) electrons. The predicted molar refractivity (Wildman–Crippen MR) is 78.9 cm³/mol. The molecule has 0 heterocycles. The minimum Gasteiger partial charge on any atom is -0.354 e. The highest BCUT2D eigenvalue weighted by Gasteiger charge is 2.18. The minimum atomic E-state index is -0.601. The molecule has 1 rings (SSSR count). The molecule has 1 aromatic rings. The Morgan fingerprint density at radius 3 is 2.45 bits per heavy atom. The molecule has 2 amide bonds. The van der Waals surface area contributed by atoms with E-state index in [1.54, 1.807) is 13.0 Å². The van der Waals surface area contributed by atoms with Crippen molar-refractivity contribution in [3.8, 4) is 0 Å². The molecule has 0 saturated heterocycles. The number of halogens is 2. The van der Waals surface area contributed by atoms with E-state index >= 15 is 0 Å². The van der Waals surface area contributed by atoms with Crippen LogP contribution in [0.1, 0.15) is 37.6 Å². The van der Waals surface area contributed by atoms with Gasteiger partial charge in [-0.15, -0.1) is 0 Å². The highest BCUT2D eigenvalue weighted by atomic mass is 79.9. The second-order valence-corrected chi connectivity index (χ2v) is 5.75. The number of benzene rings is 1. The fraction of sp³-hybridized carbons (Fsp3) is 0.429. The van der Waals surface area contributed by atoms with E-state index in [0.29, 0.717) is 4.47 Å². The molecule has 0 saturated carbocycles. The first-order valence-electron chi connectivity index (χ1n) is 6.35. The van der Waals surface area contributed by atoms with E-state index < -0.39 is 11.7 Å². The van der Waals surface area contributed by atoms with Gasteiger partial charge in [-0.2, -0.15) is 0 Å². The topological polar surface area (TPSA) is 58.2 Å². The van der Waals surface area contributed by atoms with Crippen molar-refractivity contribution >= 4 is 27.7 Å². The molecule has 0 spiro atoms. The Balaban J connectivity index is 2.64. The maximum Gasteiger partial charge on any atom is 0.255 e. The number of amides is 2. The van der Waals surface area contributed by atoms with Crippen molar-refractivity contribution in [3.63, 3.8) is 0 Å². The van der Waals surface area contributed by atoms with Gasteiger partial charge in [0.2, 0.25) is 5.91 Å². The van der Waals surface area contributed by atoms with Crippen molar-refractivity contribution in [1.29, 1.82) is 0 Å². The van der Waals surface area contributed by atoms with Crippen LogP contribution >= 0.6 is 15.9 Å². The van der Waals surface area contributed by atoms with Crippen molar-refractivity contribution in [1.82, 2.24) is 10.6 Å². The molecule has 4 nitrogen and oxygen atoms in total. The average molecular weight is 345 g/mol. The molecule has 0 fully saturated rings. The zero-order chi connectivity index (χ0) is 15.3. The second-order valence-electron chi connectivity index (χ2n) is 4.90. The third kappa shape index (κ3) is 4.92. The smallest absolute Gasteiger partial charge is 0.255 e. The van der Waals surface area contributed by atoms with Gasteiger partial charge in [-0.1, -0.05) is 6.07 Å². The third-order valence-corrected chi connectivity index (χ3v) is 3.17. The molecule has 2 N–H and O–H groups in total. The maximum atomic E-state index is 13.6. The van der Waals surface area contributed by atoms with E-state index in [2.05, 4.69) is 26.6 Å². The fourth-order valence-electron chi connectivity index (χ4n) is 1.72. The summed E-state index contributed by atoms with van der Waals surface area (Å²) in [5, 5.41) is 5.35. The summed E-state index contributed by atoms with van der Waals surface area (Å²) in [7, 11) is 0. The van der Waals surface area contributed by atoms with Crippen LogP contribution in [-0.4, -0.2) is 23.9 Å². The lowest BCUT2D eigenvalue weighted by Gasteiger charge is -2.16. The number of hydrogen-bond acceptors (Lipinski definition) is 2. The normalized spacial score (nSPS) is 12.1. The van der Waals surface area contributed by atoms with E-state index in [-0.39, 0.29) is 30.0 Å². The number of nitrogens with one attached hydrogen (secondary N) is 2. The molecule has 20 heavy (non-hydrogen) atoms. The fourth-order valence-corrected chi connectivity index (χ4v) is 2.24. The molecule has 0 aromatic heterocycles. The van der Waals surface area contributed by atoms with E-state index in [9.17, 15) is 14.0 Å². The summed E-state index contributed by atoms with van der Waals surface area (Å²) in [4.78, 5) is 23.6. The summed E-state index contributed by atoms with van der Waals surface area (Å²) in [6.45, 7) is 5.42. The van der Waals surface area contributed by atoms with E-state index in [0.717, 1.165) is 0 Å². The Morgan fingerprint density at radius 1 is 1.25 bits per heavy atom. The van der Waals surface area contributed by atoms with Gasteiger partial charge in [-0.25, -0.2) is 4.39 Å². The van der Waals surface area contributed by atoms with Crippen LogP contribution in [0.15, 0.2) is 22.7 Å². The molecule has 0 aliphatic rings. The quantitative estimate of drug-likeness (QED) is 0.862. The lowest BCUT2D eigenvalue weighted by Crippen LogP contribution is -2.39. The van der Waals surface area contributed by atoms with Gasteiger partial charge in [0, 0.05) is 23.0 Å². The highest BCUT2D eigenvalue weighted by molar-refractivity contribution is 9.10. The van der Waals surface area contributed by atoms with Gasteiger partial charge in [-0.3, -0.25) is 9.59 Å². The van der Waals surface area contributed by atoms with Crippen molar-refractivity contribution < 1.29 is 14.0 Å². The molecule has 0 aliphatic heterocycles. The van der Waals surface area contributed by atoms with Crippen LogP contribution < -0.4 is 10.6 Å². The third-order valence-electron chi connectivity index (χ3n) is 2.51. The summed E-state index contributed by atoms with van der Waals surface area (Å²) < 4.78 is 14.0. The summed E-state index contributed by atoms with van der Waals surface area (Å²) in [6, 6.07) is 3.98. The molecule has 0 bridgehead atoms. The molecule has 0 aliphatic carbocycles. The van der Waals surface area contributed by atoms with Crippen LogP contribution in [0.4, 0.5) is 4.39 Å². The van der Waals surface area contributed by atoms with Gasteiger partial charge in [-0.05, 0) is 48.8 Å². The van der Waals surface area contributed by atoms with Crippen molar-refractivity contribution in [2.75, 3.05) is 0 Å². The summed E-state index contributed by atoms with van der Waals surface area (Å²) in [5.41, 5.74) is -0.0522. The maximum absolute atomic E-state index is 13.6. The standard InChI is InChI=1S/C14H18BrFN2O2/c1-8(2)17-12(19)7-9(3)18-14(20)13-10(15)5-4-6-11(13)16/h4-6,8-9H,7H2,1-3H3,(H,17,19)(H,18,20). The molecular weight excluding hydrogens is 327 g/mol. The van der Waals surface area contributed by atoms with Gasteiger partial charge >= 0.3 is 0 Å². The lowest BCUT2D eigenvalue weighted by atomic mass is 10.1.